The first-order valence-corrected chi connectivity index (χ1v) is 3.01. The van der Waals surface area contributed by atoms with Gasteiger partial charge in [0.15, 0.2) is 0 Å². The van der Waals surface area contributed by atoms with Crippen LogP contribution in [0.5, 0.6) is 0 Å². The Morgan fingerprint density at radius 2 is 1.70 bits per heavy atom. The van der Waals surface area contributed by atoms with Crippen LogP contribution in [0.15, 0.2) is 30.3 Å². The summed E-state index contributed by atoms with van der Waals surface area (Å²) in [6.07, 6.45) is 0.833. The average Bonchev–Trinajstić information content (AvgIpc) is 2.10. The molecule has 0 fully saturated rings. The third-order valence-electron chi connectivity index (χ3n) is 0.936. The summed E-state index contributed by atoms with van der Waals surface area (Å²) >= 11 is 0. The summed E-state index contributed by atoms with van der Waals surface area (Å²) in [6, 6.07) is 9.10. The van der Waals surface area contributed by atoms with Crippen LogP contribution in [-0.4, -0.2) is 13.3 Å². The van der Waals surface area contributed by atoms with Crippen LogP contribution < -0.4 is 5.73 Å². The molecule has 0 heterocycles. The maximum absolute atomic E-state index is 10.0. The molecule has 1 rings (SSSR count). The van der Waals surface area contributed by atoms with Gasteiger partial charge in [-0.1, -0.05) is 30.3 Å². The Balaban J connectivity index is 0.000000371. The van der Waals surface area contributed by atoms with Crippen LogP contribution in [0.4, 0.5) is 0 Å². The van der Waals surface area contributed by atoms with E-state index in [1.807, 2.05) is 18.2 Å². The van der Waals surface area contributed by atoms with E-state index in [-0.39, 0.29) is 0 Å². The number of hydrogen-bond donors (Lipinski definition) is 1. The molecule has 0 unspecified atom stereocenters. The first-order valence-electron chi connectivity index (χ1n) is 3.01. The van der Waals surface area contributed by atoms with Crippen molar-refractivity contribution in [2.75, 3.05) is 7.05 Å². The molecule has 0 spiro atoms. The lowest BCUT2D eigenvalue weighted by Crippen LogP contribution is -1.73. The Morgan fingerprint density at radius 3 is 2.00 bits per heavy atom. The second kappa shape index (κ2) is 5.98. The fourth-order valence-electron chi connectivity index (χ4n) is 0.532. The summed E-state index contributed by atoms with van der Waals surface area (Å²) in [7, 11) is 1.50. The van der Waals surface area contributed by atoms with E-state index in [0.717, 1.165) is 11.8 Å². The first kappa shape index (κ1) is 8.85. The summed E-state index contributed by atoms with van der Waals surface area (Å²) in [5.41, 5.74) is 5.23. The number of aldehydes is 1. The molecule has 1 aromatic carbocycles. The summed E-state index contributed by atoms with van der Waals surface area (Å²) in [4.78, 5) is 10.0. The molecule has 10 heavy (non-hydrogen) atoms. The van der Waals surface area contributed by atoms with Crippen molar-refractivity contribution in [3.63, 3.8) is 0 Å². The Labute approximate surface area is 60.7 Å². The first-order chi connectivity index (χ1) is 4.93. The molecule has 0 radical (unpaired) electrons. The van der Waals surface area contributed by atoms with Crippen LogP contribution in [0.3, 0.4) is 0 Å². The van der Waals surface area contributed by atoms with Crippen molar-refractivity contribution in [1.29, 1.82) is 0 Å². The van der Waals surface area contributed by atoms with Crippen molar-refractivity contribution in [3.8, 4) is 0 Å². The summed E-state index contributed by atoms with van der Waals surface area (Å²) in [6.45, 7) is 0. The molecule has 2 N–H and O–H groups in total. The van der Waals surface area contributed by atoms with Crippen LogP contribution in [0.25, 0.3) is 0 Å². The number of hydrogen-bond acceptors (Lipinski definition) is 2. The Kier molecular flexibility index (Phi) is 5.29. The van der Waals surface area contributed by atoms with Crippen molar-refractivity contribution >= 4 is 6.29 Å². The minimum absolute atomic E-state index is 0.729. The van der Waals surface area contributed by atoms with Gasteiger partial charge in [-0.2, -0.15) is 0 Å². The molecular formula is C8H11NO. The molecule has 1 aromatic rings. The van der Waals surface area contributed by atoms with Crippen molar-refractivity contribution in [1.82, 2.24) is 0 Å². The lowest BCUT2D eigenvalue weighted by atomic mass is 10.2. The second-order valence-corrected chi connectivity index (χ2v) is 1.53. The van der Waals surface area contributed by atoms with Crippen LogP contribution in [0.1, 0.15) is 10.4 Å². The molecule has 0 aliphatic carbocycles. The SMILES string of the molecule is CN.O=Cc1ccccc1. The van der Waals surface area contributed by atoms with Crippen LogP contribution in [0, 0.1) is 0 Å². The Bertz CT molecular complexity index is 172. The van der Waals surface area contributed by atoms with Gasteiger partial charge < -0.3 is 5.73 Å². The van der Waals surface area contributed by atoms with Gasteiger partial charge in [0.2, 0.25) is 0 Å². The standard InChI is InChI=1S/C7H6O.CH5N/c8-6-7-4-2-1-3-5-7;1-2/h1-6H;2H2,1H3. The smallest absolute Gasteiger partial charge is 0.150 e. The van der Waals surface area contributed by atoms with E-state index in [1.54, 1.807) is 12.1 Å². The van der Waals surface area contributed by atoms with Gasteiger partial charge in [0.25, 0.3) is 0 Å². The number of rotatable bonds is 1. The van der Waals surface area contributed by atoms with Gasteiger partial charge in [-0.05, 0) is 7.05 Å². The van der Waals surface area contributed by atoms with Gasteiger partial charge in [0.1, 0.15) is 6.29 Å². The van der Waals surface area contributed by atoms with Crippen LogP contribution >= 0.6 is 0 Å². The zero-order chi connectivity index (χ0) is 7.82. The highest BCUT2D eigenvalue weighted by atomic mass is 16.1. The van der Waals surface area contributed by atoms with Crippen LogP contribution in [0.2, 0.25) is 0 Å². The highest BCUT2D eigenvalue weighted by Crippen LogP contribution is 1.91. The van der Waals surface area contributed by atoms with Gasteiger partial charge in [0.05, 0.1) is 0 Å². The molecular weight excluding hydrogens is 126 g/mol. The minimum Gasteiger partial charge on any atom is -0.333 e. The molecule has 0 bridgehead atoms. The topological polar surface area (TPSA) is 43.1 Å². The third-order valence-corrected chi connectivity index (χ3v) is 0.936. The molecule has 0 saturated carbocycles. The molecule has 0 aromatic heterocycles. The van der Waals surface area contributed by atoms with E-state index in [9.17, 15) is 4.79 Å². The van der Waals surface area contributed by atoms with Crippen molar-refractivity contribution in [2.45, 2.75) is 0 Å². The van der Waals surface area contributed by atoms with E-state index < -0.39 is 0 Å². The predicted molar refractivity (Wildman–Crippen MR) is 41.9 cm³/mol. The van der Waals surface area contributed by atoms with Crippen molar-refractivity contribution in [2.24, 2.45) is 5.73 Å². The molecule has 54 valence electrons. The molecule has 0 amide bonds. The van der Waals surface area contributed by atoms with E-state index in [2.05, 4.69) is 5.73 Å². The average molecular weight is 137 g/mol. The second-order valence-electron chi connectivity index (χ2n) is 1.53. The van der Waals surface area contributed by atoms with E-state index >= 15 is 0 Å². The highest BCUT2D eigenvalue weighted by molar-refractivity contribution is 5.74. The maximum atomic E-state index is 10.0. The normalized spacial score (nSPS) is 7.40. The molecule has 0 atom stereocenters. The van der Waals surface area contributed by atoms with E-state index in [0.29, 0.717) is 0 Å². The highest BCUT2D eigenvalue weighted by Gasteiger charge is 1.79. The monoisotopic (exact) mass is 137 g/mol. The Hall–Kier alpha value is -1.15. The maximum Gasteiger partial charge on any atom is 0.150 e. The molecule has 2 nitrogen and oxygen atoms in total. The Morgan fingerprint density at radius 1 is 1.20 bits per heavy atom. The molecule has 2 heteroatoms. The van der Waals surface area contributed by atoms with Gasteiger partial charge in [-0.25, -0.2) is 0 Å². The zero-order valence-corrected chi connectivity index (χ0v) is 5.95. The quantitative estimate of drug-likeness (QED) is 0.588. The third kappa shape index (κ3) is 2.99. The predicted octanol–water partition coefficient (Wildman–Crippen LogP) is 1.07. The van der Waals surface area contributed by atoms with Gasteiger partial charge in [0, 0.05) is 5.56 Å². The molecule has 0 aliphatic rings. The number of carbonyl (C=O) groups excluding carboxylic acids is 1. The number of nitrogens with two attached hydrogens (primary N) is 1. The number of benzene rings is 1. The van der Waals surface area contributed by atoms with Gasteiger partial charge in [-0.15, -0.1) is 0 Å². The fraction of sp³-hybridized carbons (Fsp3) is 0.125. The van der Waals surface area contributed by atoms with E-state index in [4.69, 9.17) is 0 Å². The number of carbonyl (C=O) groups is 1. The van der Waals surface area contributed by atoms with Crippen molar-refractivity contribution in [3.05, 3.63) is 35.9 Å². The minimum atomic E-state index is 0.729. The molecule has 0 saturated heterocycles. The summed E-state index contributed by atoms with van der Waals surface area (Å²) in [5.74, 6) is 0. The lowest BCUT2D eigenvalue weighted by Gasteiger charge is -1.81. The lowest BCUT2D eigenvalue weighted by molar-refractivity contribution is 0.112. The summed E-state index contributed by atoms with van der Waals surface area (Å²) < 4.78 is 0. The van der Waals surface area contributed by atoms with Crippen LogP contribution in [-0.2, 0) is 0 Å². The van der Waals surface area contributed by atoms with Gasteiger partial charge in [-0.3, -0.25) is 4.79 Å². The van der Waals surface area contributed by atoms with E-state index in [1.165, 1.54) is 7.05 Å². The summed E-state index contributed by atoms with van der Waals surface area (Å²) in [5, 5.41) is 0. The zero-order valence-electron chi connectivity index (χ0n) is 5.95. The van der Waals surface area contributed by atoms with Gasteiger partial charge >= 0.3 is 0 Å². The molecule has 0 aliphatic heterocycles. The largest absolute Gasteiger partial charge is 0.333 e. The fourth-order valence-corrected chi connectivity index (χ4v) is 0.532. The van der Waals surface area contributed by atoms with Crippen molar-refractivity contribution < 1.29 is 4.79 Å².